The molecule has 3 heterocycles. The first-order valence-electron chi connectivity index (χ1n) is 8.84. The molecule has 26 heavy (non-hydrogen) atoms. The summed E-state index contributed by atoms with van der Waals surface area (Å²) in [6.45, 7) is 4.50. The third-order valence-electron chi connectivity index (χ3n) is 5.13. The Morgan fingerprint density at radius 2 is 2.27 bits per heavy atom. The summed E-state index contributed by atoms with van der Waals surface area (Å²) in [7, 11) is 0. The molecule has 0 saturated carbocycles. The Hall–Kier alpha value is -2.67. The largest absolute Gasteiger partial charge is 0.384 e. The molecule has 4 rings (SSSR count). The van der Waals surface area contributed by atoms with Gasteiger partial charge in [-0.2, -0.15) is 0 Å². The molecular weight excluding hydrogens is 333 g/mol. The summed E-state index contributed by atoms with van der Waals surface area (Å²) in [6.07, 6.45) is 2.69. The SMILES string of the molecule is Cc1cccc(F)c1N1Cc2cnc(N)cc2N(CC2CCNC2)C1=O. The number of anilines is 3. The van der Waals surface area contributed by atoms with Crippen LogP contribution in [0.15, 0.2) is 30.5 Å². The average Bonchev–Trinajstić information content (AvgIpc) is 3.12. The third kappa shape index (κ3) is 2.88. The number of nitrogens with one attached hydrogen (secondary N) is 1. The fourth-order valence-corrected chi connectivity index (χ4v) is 3.79. The molecule has 1 aromatic carbocycles. The molecule has 1 aromatic heterocycles. The van der Waals surface area contributed by atoms with Gasteiger partial charge in [0.15, 0.2) is 0 Å². The van der Waals surface area contributed by atoms with Crippen LogP contribution in [0.1, 0.15) is 17.5 Å². The van der Waals surface area contributed by atoms with Crippen LogP contribution in [0.5, 0.6) is 0 Å². The maximum atomic E-state index is 14.5. The Morgan fingerprint density at radius 3 is 3.00 bits per heavy atom. The van der Waals surface area contributed by atoms with Crippen LogP contribution in [0.2, 0.25) is 0 Å². The van der Waals surface area contributed by atoms with Gasteiger partial charge >= 0.3 is 6.03 Å². The van der Waals surface area contributed by atoms with Crippen molar-refractivity contribution in [2.24, 2.45) is 5.92 Å². The van der Waals surface area contributed by atoms with E-state index in [1.54, 1.807) is 23.2 Å². The summed E-state index contributed by atoms with van der Waals surface area (Å²) in [5, 5.41) is 3.32. The van der Waals surface area contributed by atoms with Crippen molar-refractivity contribution in [2.75, 3.05) is 35.2 Å². The van der Waals surface area contributed by atoms with Crippen LogP contribution in [-0.2, 0) is 6.54 Å². The van der Waals surface area contributed by atoms with Crippen LogP contribution >= 0.6 is 0 Å². The van der Waals surface area contributed by atoms with Crippen molar-refractivity contribution in [1.29, 1.82) is 0 Å². The minimum absolute atomic E-state index is 0.219. The molecule has 2 aliphatic heterocycles. The number of nitrogens with zero attached hydrogens (tertiary/aromatic N) is 3. The van der Waals surface area contributed by atoms with E-state index in [-0.39, 0.29) is 12.6 Å². The summed E-state index contributed by atoms with van der Waals surface area (Å²) < 4.78 is 14.5. The molecule has 2 aliphatic rings. The number of para-hydroxylation sites is 1. The van der Waals surface area contributed by atoms with Crippen LogP contribution in [0.25, 0.3) is 0 Å². The van der Waals surface area contributed by atoms with Gasteiger partial charge in [0.2, 0.25) is 0 Å². The van der Waals surface area contributed by atoms with E-state index in [4.69, 9.17) is 5.73 Å². The minimum atomic E-state index is -0.396. The van der Waals surface area contributed by atoms with Gasteiger partial charge in [-0.05, 0) is 44.0 Å². The Kier molecular flexibility index (Phi) is 4.24. The number of nitrogens with two attached hydrogens (primary N) is 1. The van der Waals surface area contributed by atoms with Gasteiger partial charge in [0.05, 0.1) is 17.9 Å². The average molecular weight is 355 g/mol. The second kappa shape index (κ2) is 6.57. The van der Waals surface area contributed by atoms with Gasteiger partial charge < -0.3 is 11.1 Å². The van der Waals surface area contributed by atoms with Gasteiger partial charge in [-0.1, -0.05) is 12.1 Å². The number of rotatable bonds is 3. The number of aryl methyl sites for hydroxylation is 1. The number of amides is 2. The van der Waals surface area contributed by atoms with Gasteiger partial charge in [-0.3, -0.25) is 9.80 Å². The van der Waals surface area contributed by atoms with Crippen molar-refractivity contribution < 1.29 is 9.18 Å². The predicted octanol–water partition coefficient (Wildman–Crippen LogP) is 2.67. The highest BCUT2D eigenvalue weighted by molar-refractivity contribution is 6.06. The first-order chi connectivity index (χ1) is 12.5. The predicted molar refractivity (Wildman–Crippen MR) is 99.7 cm³/mol. The Bertz CT molecular complexity index is 830. The molecule has 136 valence electrons. The van der Waals surface area contributed by atoms with Crippen molar-refractivity contribution in [2.45, 2.75) is 19.9 Å². The molecule has 0 bridgehead atoms. The molecule has 2 amide bonds. The topological polar surface area (TPSA) is 74.5 Å². The molecule has 7 heteroatoms. The number of pyridine rings is 1. The molecule has 3 N–H and O–H groups in total. The van der Waals surface area contributed by atoms with Gasteiger partial charge in [-0.25, -0.2) is 14.2 Å². The van der Waals surface area contributed by atoms with Gasteiger partial charge in [0.1, 0.15) is 11.6 Å². The molecule has 1 atom stereocenters. The number of urea groups is 1. The zero-order valence-electron chi connectivity index (χ0n) is 14.7. The number of hydrogen-bond acceptors (Lipinski definition) is 4. The van der Waals surface area contributed by atoms with Crippen molar-refractivity contribution in [3.05, 3.63) is 47.4 Å². The quantitative estimate of drug-likeness (QED) is 0.888. The molecule has 2 aromatic rings. The van der Waals surface area contributed by atoms with E-state index in [0.717, 1.165) is 36.3 Å². The van der Waals surface area contributed by atoms with Crippen molar-refractivity contribution in [1.82, 2.24) is 10.3 Å². The normalized spacial score (nSPS) is 19.8. The number of carbonyl (C=O) groups excluding carboxylic acids is 1. The van der Waals surface area contributed by atoms with Crippen molar-refractivity contribution in [3.8, 4) is 0 Å². The number of hydrogen-bond donors (Lipinski definition) is 2. The monoisotopic (exact) mass is 355 g/mol. The number of benzene rings is 1. The van der Waals surface area contributed by atoms with E-state index in [9.17, 15) is 9.18 Å². The standard InChI is InChI=1S/C19H22FN5O/c1-12-3-2-4-15(20)18(12)25-11-14-9-23-17(21)7-16(14)24(19(25)26)10-13-5-6-22-8-13/h2-4,7,9,13,22H,5-6,8,10-11H2,1H3,(H2,21,23). The zero-order chi connectivity index (χ0) is 18.3. The van der Waals surface area contributed by atoms with E-state index in [2.05, 4.69) is 10.3 Å². The third-order valence-corrected chi connectivity index (χ3v) is 5.13. The fraction of sp³-hybridized carbons (Fsp3) is 0.368. The summed E-state index contributed by atoms with van der Waals surface area (Å²) in [5.74, 6) is 0.345. The molecule has 1 saturated heterocycles. The zero-order valence-corrected chi connectivity index (χ0v) is 14.7. The lowest BCUT2D eigenvalue weighted by atomic mass is 10.0. The van der Waals surface area contributed by atoms with Gasteiger partial charge in [-0.15, -0.1) is 0 Å². The van der Waals surface area contributed by atoms with E-state index in [1.165, 1.54) is 11.0 Å². The van der Waals surface area contributed by atoms with E-state index in [0.29, 0.717) is 24.0 Å². The highest BCUT2D eigenvalue weighted by Crippen LogP contribution is 2.35. The van der Waals surface area contributed by atoms with Crippen molar-refractivity contribution in [3.63, 3.8) is 0 Å². The number of nitrogen functional groups attached to an aromatic ring is 1. The molecule has 0 spiro atoms. The number of halogens is 1. The van der Waals surface area contributed by atoms with E-state index in [1.807, 2.05) is 13.0 Å². The summed E-state index contributed by atoms with van der Waals surface area (Å²) in [4.78, 5) is 20.7. The van der Waals surface area contributed by atoms with Crippen LogP contribution in [0.4, 0.5) is 26.4 Å². The first-order valence-corrected chi connectivity index (χ1v) is 8.84. The lowest BCUT2D eigenvalue weighted by Gasteiger charge is -2.38. The van der Waals surface area contributed by atoms with Gasteiger partial charge in [0, 0.05) is 24.4 Å². The Morgan fingerprint density at radius 1 is 1.42 bits per heavy atom. The molecule has 1 fully saturated rings. The second-order valence-corrected chi connectivity index (χ2v) is 6.98. The van der Waals surface area contributed by atoms with Crippen molar-refractivity contribution >= 4 is 23.2 Å². The number of fused-ring (bicyclic) bond motifs is 1. The van der Waals surface area contributed by atoms with Crippen LogP contribution in [0, 0.1) is 18.7 Å². The van der Waals surface area contributed by atoms with Crippen LogP contribution in [0.3, 0.4) is 0 Å². The fourth-order valence-electron chi connectivity index (χ4n) is 3.79. The Labute approximate surface area is 151 Å². The first kappa shape index (κ1) is 16.8. The molecule has 1 unspecified atom stereocenters. The maximum Gasteiger partial charge on any atom is 0.329 e. The molecule has 0 aliphatic carbocycles. The number of aromatic nitrogens is 1. The smallest absolute Gasteiger partial charge is 0.329 e. The lowest BCUT2D eigenvalue weighted by molar-refractivity contribution is 0.248. The molecular formula is C19H22FN5O. The summed E-state index contributed by atoms with van der Waals surface area (Å²) in [6, 6.07) is 6.37. The van der Waals surface area contributed by atoms with Crippen LogP contribution < -0.4 is 20.9 Å². The van der Waals surface area contributed by atoms with E-state index < -0.39 is 5.82 Å². The summed E-state index contributed by atoms with van der Waals surface area (Å²) >= 11 is 0. The molecule has 0 radical (unpaired) electrons. The highest BCUT2D eigenvalue weighted by atomic mass is 19.1. The molecule has 6 nitrogen and oxygen atoms in total. The summed E-state index contributed by atoms with van der Waals surface area (Å²) in [5.41, 5.74) is 8.56. The second-order valence-electron chi connectivity index (χ2n) is 6.98. The number of carbonyl (C=O) groups is 1. The lowest BCUT2D eigenvalue weighted by Crippen LogP contribution is -2.50. The highest BCUT2D eigenvalue weighted by Gasteiger charge is 2.35. The van der Waals surface area contributed by atoms with Crippen LogP contribution in [-0.4, -0.2) is 30.6 Å². The van der Waals surface area contributed by atoms with E-state index >= 15 is 0 Å². The maximum absolute atomic E-state index is 14.5. The Balaban J connectivity index is 1.77. The minimum Gasteiger partial charge on any atom is -0.384 e. The van der Waals surface area contributed by atoms with Gasteiger partial charge in [0.25, 0.3) is 0 Å².